The second-order valence-corrected chi connectivity index (χ2v) is 5.38. The van der Waals surface area contributed by atoms with Crippen LogP contribution in [0.4, 0.5) is 0 Å². The molecule has 0 bridgehead atoms. The molecular formula is C14H18ClN3O. The van der Waals surface area contributed by atoms with E-state index in [1.807, 2.05) is 31.2 Å². The molecule has 0 radical (unpaired) electrons. The van der Waals surface area contributed by atoms with E-state index in [-0.39, 0.29) is 5.41 Å². The largest absolute Gasteiger partial charge is 0.339 e. The lowest BCUT2D eigenvalue weighted by Crippen LogP contribution is -2.31. The topological polar surface area (TPSA) is 64.9 Å². The summed E-state index contributed by atoms with van der Waals surface area (Å²) < 4.78 is 5.34. The van der Waals surface area contributed by atoms with Gasteiger partial charge in [-0.05, 0) is 31.0 Å². The zero-order chi connectivity index (χ0) is 13.9. The van der Waals surface area contributed by atoms with Crippen molar-refractivity contribution in [1.29, 1.82) is 0 Å². The van der Waals surface area contributed by atoms with Gasteiger partial charge in [0.25, 0.3) is 0 Å². The van der Waals surface area contributed by atoms with Gasteiger partial charge in [-0.2, -0.15) is 4.98 Å². The van der Waals surface area contributed by atoms with E-state index in [9.17, 15) is 0 Å². The molecule has 19 heavy (non-hydrogen) atoms. The van der Waals surface area contributed by atoms with Gasteiger partial charge in [-0.3, -0.25) is 0 Å². The van der Waals surface area contributed by atoms with Crippen LogP contribution in [0.15, 0.2) is 28.8 Å². The number of hydrogen-bond acceptors (Lipinski definition) is 4. The minimum atomic E-state index is -0.250. The SMILES string of the molecule is CCC(C)(CN)c1nc(Cc2cccc(Cl)c2)no1. The van der Waals surface area contributed by atoms with Crippen molar-refractivity contribution in [2.75, 3.05) is 6.54 Å². The molecule has 0 aliphatic carbocycles. The Labute approximate surface area is 118 Å². The minimum Gasteiger partial charge on any atom is -0.339 e. The Morgan fingerprint density at radius 3 is 2.84 bits per heavy atom. The van der Waals surface area contributed by atoms with Gasteiger partial charge in [0.15, 0.2) is 5.82 Å². The van der Waals surface area contributed by atoms with Crippen molar-refractivity contribution >= 4 is 11.6 Å². The van der Waals surface area contributed by atoms with Crippen LogP contribution in [0, 0.1) is 0 Å². The summed E-state index contributed by atoms with van der Waals surface area (Å²) in [5.74, 6) is 1.26. The van der Waals surface area contributed by atoms with Gasteiger partial charge in [0.1, 0.15) is 0 Å². The third kappa shape index (κ3) is 3.14. The molecule has 0 saturated carbocycles. The Hall–Kier alpha value is -1.39. The predicted octanol–water partition coefficient (Wildman–Crippen LogP) is 2.94. The molecule has 4 nitrogen and oxygen atoms in total. The first-order valence-electron chi connectivity index (χ1n) is 6.35. The lowest BCUT2D eigenvalue weighted by molar-refractivity contribution is 0.289. The number of hydrogen-bond donors (Lipinski definition) is 1. The van der Waals surface area contributed by atoms with Gasteiger partial charge in [0.05, 0.1) is 5.41 Å². The first-order chi connectivity index (χ1) is 9.07. The number of benzene rings is 1. The highest BCUT2D eigenvalue weighted by atomic mass is 35.5. The second kappa shape index (κ2) is 5.72. The summed E-state index contributed by atoms with van der Waals surface area (Å²) in [7, 11) is 0. The van der Waals surface area contributed by atoms with Crippen LogP contribution in [0.5, 0.6) is 0 Å². The van der Waals surface area contributed by atoms with Gasteiger partial charge in [0, 0.05) is 18.0 Å². The summed E-state index contributed by atoms with van der Waals surface area (Å²) in [5, 5.41) is 4.73. The Balaban J connectivity index is 2.18. The van der Waals surface area contributed by atoms with Crippen molar-refractivity contribution in [3.8, 4) is 0 Å². The van der Waals surface area contributed by atoms with Gasteiger partial charge < -0.3 is 10.3 Å². The molecule has 0 amide bonds. The zero-order valence-electron chi connectivity index (χ0n) is 11.2. The molecule has 0 fully saturated rings. The van der Waals surface area contributed by atoms with Crippen molar-refractivity contribution in [2.24, 2.45) is 5.73 Å². The molecule has 1 heterocycles. The molecule has 1 aromatic heterocycles. The molecule has 1 unspecified atom stereocenters. The predicted molar refractivity (Wildman–Crippen MR) is 75.3 cm³/mol. The maximum Gasteiger partial charge on any atom is 0.233 e. The fourth-order valence-corrected chi connectivity index (χ4v) is 2.00. The molecule has 0 saturated heterocycles. The van der Waals surface area contributed by atoms with Crippen LogP contribution in [-0.4, -0.2) is 16.7 Å². The molecule has 1 atom stereocenters. The fraction of sp³-hybridized carbons (Fsp3) is 0.429. The van der Waals surface area contributed by atoms with Crippen LogP contribution >= 0.6 is 11.6 Å². The second-order valence-electron chi connectivity index (χ2n) is 4.94. The quantitative estimate of drug-likeness (QED) is 0.914. The van der Waals surface area contributed by atoms with Gasteiger partial charge in [0.2, 0.25) is 5.89 Å². The van der Waals surface area contributed by atoms with E-state index in [1.54, 1.807) is 0 Å². The van der Waals surface area contributed by atoms with E-state index in [1.165, 1.54) is 0 Å². The molecule has 2 N–H and O–H groups in total. The average molecular weight is 280 g/mol. The highest BCUT2D eigenvalue weighted by molar-refractivity contribution is 6.30. The van der Waals surface area contributed by atoms with E-state index >= 15 is 0 Å². The summed E-state index contributed by atoms with van der Waals surface area (Å²) in [5.41, 5.74) is 6.60. The van der Waals surface area contributed by atoms with E-state index in [4.69, 9.17) is 21.9 Å². The Morgan fingerprint density at radius 2 is 2.21 bits per heavy atom. The van der Waals surface area contributed by atoms with Crippen LogP contribution in [-0.2, 0) is 11.8 Å². The fourth-order valence-electron chi connectivity index (χ4n) is 1.78. The van der Waals surface area contributed by atoms with Crippen LogP contribution in [0.2, 0.25) is 5.02 Å². The molecule has 0 aliphatic rings. The van der Waals surface area contributed by atoms with Crippen LogP contribution < -0.4 is 5.73 Å². The molecule has 5 heteroatoms. The lowest BCUT2D eigenvalue weighted by atomic mass is 9.88. The zero-order valence-corrected chi connectivity index (χ0v) is 11.9. The summed E-state index contributed by atoms with van der Waals surface area (Å²) in [6.07, 6.45) is 1.47. The number of rotatable bonds is 5. The summed E-state index contributed by atoms with van der Waals surface area (Å²) in [6.45, 7) is 4.58. The van der Waals surface area contributed by atoms with E-state index in [0.29, 0.717) is 29.7 Å². The molecule has 102 valence electrons. The van der Waals surface area contributed by atoms with Crippen molar-refractivity contribution in [1.82, 2.24) is 10.1 Å². The summed E-state index contributed by atoms with van der Waals surface area (Å²) >= 11 is 5.95. The highest BCUT2D eigenvalue weighted by Crippen LogP contribution is 2.25. The first-order valence-corrected chi connectivity index (χ1v) is 6.73. The maximum atomic E-state index is 5.95. The van der Waals surface area contributed by atoms with Gasteiger partial charge in [-0.25, -0.2) is 0 Å². The van der Waals surface area contributed by atoms with Crippen molar-refractivity contribution in [3.63, 3.8) is 0 Å². The molecule has 2 aromatic rings. The maximum absolute atomic E-state index is 5.95. The van der Waals surface area contributed by atoms with Gasteiger partial charge in [-0.1, -0.05) is 35.8 Å². The third-order valence-electron chi connectivity index (χ3n) is 3.47. The van der Waals surface area contributed by atoms with Crippen molar-refractivity contribution in [2.45, 2.75) is 32.1 Å². The van der Waals surface area contributed by atoms with Gasteiger partial charge >= 0.3 is 0 Å². The van der Waals surface area contributed by atoms with Crippen LogP contribution in [0.1, 0.15) is 37.5 Å². The van der Waals surface area contributed by atoms with E-state index in [0.717, 1.165) is 12.0 Å². The lowest BCUT2D eigenvalue weighted by Gasteiger charge is -2.20. The van der Waals surface area contributed by atoms with Crippen molar-refractivity contribution < 1.29 is 4.52 Å². The van der Waals surface area contributed by atoms with E-state index in [2.05, 4.69) is 17.1 Å². The molecule has 0 spiro atoms. The van der Waals surface area contributed by atoms with Crippen molar-refractivity contribution in [3.05, 3.63) is 46.6 Å². The minimum absolute atomic E-state index is 0.250. The molecule has 2 rings (SSSR count). The number of nitrogens with zero attached hydrogens (tertiary/aromatic N) is 2. The average Bonchev–Trinajstić information content (AvgIpc) is 2.87. The Kier molecular flexibility index (Phi) is 4.22. The summed E-state index contributed by atoms with van der Waals surface area (Å²) in [6, 6.07) is 7.65. The van der Waals surface area contributed by atoms with E-state index < -0.39 is 0 Å². The monoisotopic (exact) mass is 279 g/mol. The first kappa shape index (κ1) is 14.0. The smallest absolute Gasteiger partial charge is 0.233 e. The number of aromatic nitrogens is 2. The molecule has 1 aromatic carbocycles. The number of nitrogens with two attached hydrogens (primary N) is 1. The number of halogens is 1. The molecule has 0 aliphatic heterocycles. The standard InChI is InChI=1S/C14H18ClN3O/c1-3-14(2,9-16)13-17-12(18-19-13)8-10-5-4-6-11(15)7-10/h4-7H,3,8-9,16H2,1-2H3. The highest BCUT2D eigenvalue weighted by Gasteiger charge is 2.29. The van der Waals surface area contributed by atoms with Gasteiger partial charge in [-0.15, -0.1) is 0 Å². The Bertz CT molecular complexity index is 549. The normalized spacial score (nSPS) is 14.3. The molecular weight excluding hydrogens is 262 g/mol. The Morgan fingerprint density at radius 1 is 1.42 bits per heavy atom. The van der Waals surface area contributed by atoms with Crippen LogP contribution in [0.3, 0.4) is 0 Å². The van der Waals surface area contributed by atoms with Crippen LogP contribution in [0.25, 0.3) is 0 Å². The summed E-state index contributed by atoms with van der Waals surface area (Å²) in [4.78, 5) is 4.45. The third-order valence-corrected chi connectivity index (χ3v) is 3.70.